The predicted octanol–water partition coefficient (Wildman–Crippen LogP) is 3.09. The van der Waals surface area contributed by atoms with E-state index in [-0.39, 0.29) is 5.41 Å². The standard InChI is InChI=1S/C14H23N/c1-14(2,3)13-8-6-7-12(11-13)9-10-15(4)5/h6-8,11H,9-10H2,1-5H3. The van der Waals surface area contributed by atoms with Gasteiger partial charge in [-0.2, -0.15) is 0 Å². The summed E-state index contributed by atoms with van der Waals surface area (Å²) in [6.45, 7) is 7.90. The maximum absolute atomic E-state index is 2.34. The summed E-state index contributed by atoms with van der Waals surface area (Å²) in [7, 11) is 4.24. The molecule has 84 valence electrons. The van der Waals surface area contributed by atoms with Crippen molar-refractivity contribution in [3.63, 3.8) is 0 Å². The zero-order valence-corrected chi connectivity index (χ0v) is 10.7. The number of likely N-dealkylation sites (N-methyl/N-ethyl adjacent to an activating group) is 1. The van der Waals surface area contributed by atoms with Crippen LogP contribution < -0.4 is 0 Å². The van der Waals surface area contributed by atoms with Gasteiger partial charge in [-0.25, -0.2) is 0 Å². The van der Waals surface area contributed by atoms with Crippen LogP contribution in [-0.2, 0) is 11.8 Å². The van der Waals surface area contributed by atoms with Crippen LogP contribution >= 0.6 is 0 Å². The van der Waals surface area contributed by atoms with E-state index in [4.69, 9.17) is 0 Å². The van der Waals surface area contributed by atoms with Crippen LogP contribution in [-0.4, -0.2) is 25.5 Å². The normalized spacial score (nSPS) is 12.1. The fourth-order valence-corrected chi connectivity index (χ4v) is 1.55. The van der Waals surface area contributed by atoms with Crippen LogP contribution in [0.5, 0.6) is 0 Å². The molecule has 0 aromatic heterocycles. The van der Waals surface area contributed by atoms with Crippen molar-refractivity contribution in [1.29, 1.82) is 0 Å². The van der Waals surface area contributed by atoms with Crippen LogP contribution in [0.15, 0.2) is 24.3 Å². The van der Waals surface area contributed by atoms with Gasteiger partial charge in [0.1, 0.15) is 0 Å². The maximum Gasteiger partial charge on any atom is 0.00157 e. The van der Waals surface area contributed by atoms with Crippen LogP contribution in [0.3, 0.4) is 0 Å². The van der Waals surface area contributed by atoms with E-state index in [1.807, 2.05) is 0 Å². The first-order chi connectivity index (χ1) is 6.89. The van der Waals surface area contributed by atoms with Crippen LogP contribution in [0.25, 0.3) is 0 Å². The van der Waals surface area contributed by atoms with Crippen LogP contribution in [0.2, 0.25) is 0 Å². The molecular weight excluding hydrogens is 182 g/mol. The molecule has 0 aliphatic heterocycles. The van der Waals surface area contributed by atoms with Crippen LogP contribution in [0.4, 0.5) is 0 Å². The van der Waals surface area contributed by atoms with Crippen molar-refractivity contribution < 1.29 is 0 Å². The van der Waals surface area contributed by atoms with Crippen molar-refractivity contribution in [2.45, 2.75) is 32.6 Å². The van der Waals surface area contributed by atoms with E-state index in [0.29, 0.717) is 0 Å². The summed E-state index contributed by atoms with van der Waals surface area (Å²) in [5, 5.41) is 0. The minimum atomic E-state index is 0.258. The van der Waals surface area contributed by atoms with E-state index < -0.39 is 0 Å². The number of benzene rings is 1. The van der Waals surface area contributed by atoms with E-state index in [0.717, 1.165) is 13.0 Å². The molecule has 0 fully saturated rings. The van der Waals surface area contributed by atoms with Crippen molar-refractivity contribution >= 4 is 0 Å². The molecule has 0 unspecified atom stereocenters. The summed E-state index contributed by atoms with van der Waals surface area (Å²) in [6, 6.07) is 8.95. The highest BCUT2D eigenvalue weighted by atomic mass is 15.0. The molecule has 0 saturated heterocycles. The topological polar surface area (TPSA) is 3.24 Å². The Bertz CT molecular complexity index is 307. The Kier molecular flexibility index (Phi) is 3.92. The molecule has 1 aromatic rings. The molecule has 0 atom stereocenters. The highest BCUT2D eigenvalue weighted by Gasteiger charge is 2.13. The molecule has 0 saturated carbocycles. The van der Waals surface area contributed by atoms with Crippen LogP contribution in [0.1, 0.15) is 31.9 Å². The van der Waals surface area contributed by atoms with E-state index in [1.165, 1.54) is 11.1 Å². The lowest BCUT2D eigenvalue weighted by molar-refractivity contribution is 0.413. The summed E-state index contributed by atoms with van der Waals surface area (Å²) in [5.74, 6) is 0. The van der Waals surface area contributed by atoms with Gasteiger partial charge in [0.25, 0.3) is 0 Å². The van der Waals surface area contributed by atoms with Gasteiger partial charge in [0.15, 0.2) is 0 Å². The molecule has 0 heterocycles. The zero-order valence-electron chi connectivity index (χ0n) is 10.7. The average Bonchev–Trinajstić information content (AvgIpc) is 2.14. The lowest BCUT2D eigenvalue weighted by Crippen LogP contribution is -2.16. The van der Waals surface area contributed by atoms with Crippen molar-refractivity contribution in [2.75, 3.05) is 20.6 Å². The SMILES string of the molecule is CN(C)CCc1cccc(C(C)(C)C)c1. The number of rotatable bonds is 3. The second-order valence-corrected chi connectivity index (χ2v) is 5.50. The molecule has 0 spiro atoms. The Morgan fingerprint density at radius 2 is 1.80 bits per heavy atom. The van der Waals surface area contributed by atoms with E-state index in [1.54, 1.807) is 0 Å². The van der Waals surface area contributed by atoms with Gasteiger partial charge in [-0.3, -0.25) is 0 Å². The highest BCUT2D eigenvalue weighted by molar-refractivity contribution is 5.28. The molecule has 0 bridgehead atoms. The van der Waals surface area contributed by atoms with Gasteiger partial charge in [0, 0.05) is 6.54 Å². The van der Waals surface area contributed by atoms with Gasteiger partial charge < -0.3 is 4.90 Å². The molecule has 0 radical (unpaired) electrons. The molecule has 15 heavy (non-hydrogen) atoms. The summed E-state index contributed by atoms with van der Waals surface area (Å²) >= 11 is 0. The van der Waals surface area contributed by atoms with Gasteiger partial charge in [-0.15, -0.1) is 0 Å². The van der Waals surface area contributed by atoms with Crippen molar-refractivity contribution in [1.82, 2.24) is 4.90 Å². The van der Waals surface area contributed by atoms with Crippen molar-refractivity contribution in [3.8, 4) is 0 Å². The first-order valence-electron chi connectivity index (χ1n) is 5.64. The van der Waals surface area contributed by atoms with Crippen LogP contribution in [0, 0.1) is 0 Å². The molecule has 0 N–H and O–H groups in total. The lowest BCUT2D eigenvalue weighted by Gasteiger charge is -2.20. The summed E-state index contributed by atoms with van der Waals surface area (Å²) in [5.41, 5.74) is 3.13. The monoisotopic (exact) mass is 205 g/mol. The first-order valence-corrected chi connectivity index (χ1v) is 5.64. The Balaban J connectivity index is 2.75. The second kappa shape index (κ2) is 4.80. The molecular formula is C14H23N. The molecule has 1 rings (SSSR count). The molecule has 1 heteroatoms. The zero-order chi connectivity index (χ0) is 11.5. The van der Waals surface area contributed by atoms with Gasteiger partial charge >= 0.3 is 0 Å². The Hall–Kier alpha value is -0.820. The van der Waals surface area contributed by atoms with Crippen molar-refractivity contribution in [2.24, 2.45) is 0 Å². The maximum atomic E-state index is 2.34. The molecule has 1 nitrogen and oxygen atoms in total. The minimum absolute atomic E-state index is 0.258. The Morgan fingerprint density at radius 1 is 1.13 bits per heavy atom. The third-order valence-electron chi connectivity index (χ3n) is 2.64. The molecule has 1 aromatic carbocycles. The van der Waals surface area contributed by atoms with E-state index in [9.17, 15) is 0 Å². The lowest BCUT2D eigenvalue weighted by atomic mass is 9.86. The second-order valence-electron chi connectivity index (χ2n) is 5.50. The van der Waals surface area contributed by atoms with Gasteiger partial charge in [0.05, 0.1) is 0 Å². The summed E-state index contributed by atoms with van der Waals surface area (Å²) in [6.07, 6.45) is 1.14. The fraction of sp³-hybridized carbons (Fsp3) is 0.571. The number of hydrogen-bond donors (Lipinski definition) is 0. The molecule has 0 aliphatic carbocycles. The number of hydrogen-bond acceptors (Lipinski definition) is 1. The van der Waals surface area contributed by atoms with Gasteiger partial charge in [0.2, 0.25) is 0 Å². The number of nitrogens with zero attached hydrogens (tertiary/aromatic N) is 1. The minimum Gasteiger partial charge on any atom is -0.309 e. The van der Waals surface area contributed by atoms with E-state index in [2.05, 4.69) is 64.0 Å². The first kappa shape index (κ1) is 12.3. The summed E-state index contributed by atoms with van der Waals surface area (Å²) in [4.78, 5) is 2.23. The largest absolute Gasteiger partial charge is 0.309 e. The van der Waals surface area contributed by atoms with Gasteiger partial charge in [-0.1, -0.05) is 45.0 Å². The average molecular weight is 205 g/mol. The Labute approximate surface area is 94.1 Å². The fourth-order valence-electron chi connectivity index (χ4n) is 1.55. The predicted molar refractivity (Wildman–Crippen MR) is 67.4 cm³/mol. The smallest absolute Gasteiger partial charge is 0.00157 e. The highest BCUT2D eigenvalue weighted by Crippen LogP contribution is 2.22. The van der Waals surface area contributed by atoms with Crippen molar-refractivity contribution in [3.05, 3.63) is 35.4 Å². The Morgan fingerprint density at radius 3 is 2.33 bits per heavy atom. The van der Waals surface area contributed by atoms with Gasteiger partial charge in [-0.05, 0) is 37.1 Å². The third kappa shape index (κ3) is 4.05. The third-order valence-corrected chi connectivity index (χ3v) is 2.64. The quantitative estimate of drug-likeness (QED) is 0.733. The van der Waals surface area contributed by atoms with E-state index >= 15 is 0 Å². The summed E-state index contributed by atoms with van der Waals surface area (Å²) < 4.78 is 0. The molecule has 0 aliphatic rings. The molecule has 0 amide bonds.